The minimum Gasteiger partial charge on any atom is -0.436 e. The molecule has 6 nitrogen and oxygen atoms in total. The molecule has 4 rings (SSSR count). The van der Waals surface area contributed by atoms with Crippen molar-refractivity contribution >= 4 is 22.7 Å². The number of carbonyl (C=O) groups is 1. The molecule has 6 heteroatoms. The Labute approximate surface area is 182 Å². The van der Waals surface area contributed by atoms with Crippen molar-refractivity contribution in [1.29, 1.82) is 0 Å². The largest absolute Gasteiger partial charge is 0.436 e. The van der Waals surface area contributed by atoms with E-state index in [9.17, 15) is 4.79 Å². The lowest BCUT2D eigenvalue weighted by atomic mass is 9.86. The van der Waals surface area contributed by atoms with Gasteiger partial charge in [0.15, 0.2) is 5.58 Å². The van der Waals surface area contributed by atoms with Crippen LogP contribution < -0.4 is 5.32 Å². The minimum atomic E-state index is -0.392. The highest BCUT2D eigenvalue weighted by atomic mass is 16.3. The van der Waals surface area contributed by atoms with E-state index in [4.69, 9.17) is 4.42 Å². The van der Waals surface area contributed by atoms with E-state index in [1.54, 1.807) is 6.20 Å². The summed E-state index contributed by atoms with van der Waals surface area (Å²) in [6.07, 6.45) is 4.71. The molecule has 0 atom stereocenters. The first-order valence-corrected chi connectivity index (χ1v) is 10.7. The topological polar surface area (TPSA) is 83.8 Å². The van der Waals surface area contributed by atoms with Gasteiger partial charge in [0.2, 0.25) is 11.8 Å². The lowest BCUT2D eigenvalue weighted by Gasteiger charge is -2.23. The van der Waals surface area contributed by atoms with Gasteiger partial charge in [0.25, 0.3) is 0 Å². The lowest BCUT2D eigenvalue weighted by molar-refractivity contribution is -0.124. The van der Waals surface area contributed by atoms with Crippen molar-refractivity contribution < 1.29 is 9.21 Å². The van der Waals surface area contributed by atoms with Crippen LogP contribution in [0.4, 0.5) is 5.69 Å². The third-order valence-corrected chi connectivity index (χ3v) is 5.62. The number of aromatic amines is 1. The summed E-state index contributed by atoms with van der Waals surface area (Å²) in [6.45, 7) is 8.14. The average Bonchev–Trinajstić information content (AvgIpc) is 3.39. The van der Waals surface area contributed by atoms with Gasteiger partial charge in [0, 0.05) is 16.7 Å². The first-order chi connectivity index (χ1) is 14.9. The third-order valence-electron chi connectivity index (χ3n) is 5.62. The molecule has 0 saturated heterocycles. The van der Waals surface area contributed by atoms with Gasteiger partial charge in [-0.1, -0.05) is 51.8 Å². The number of benzene rings is 2. The zero-order chi connectivity index (χ0) is 22.0. The van der Waals surface area contributed by atoms with E-state index in [1.165, 1.54) is 0 Å². The summed E-state index contributed by atoms with van der Waals surface area (Å²) in [7, 11) is 0. The van der Waals surface area contributed by atoms with Crippen LogP contribution in [0.25, 0.3) is 33.8 Å². The smallest absolute Gasteiger partial charge is 0.231 e. The molecule has 0 fully saturated rings. The van der Waals surface area contributed by atoms with Crippen molar-refractivity contribution in [3.8, 4) is 22.7 Å². The Balaban J connectivity index is 1.55. The average molecular weight is 417 g/mol. The van der Waals surface area contributed by atoms with Crippen molar-refractivity contribution in [1.82, 2.24) is 15.2 Å². The zero-order valence-electron chi connectivity index (χ0n) is 18.5. The van der Waals surface area contributed by atoms with Crippen LogP contribution in [0.1, 0.15) is 45.6 Å². The molecular formula is C25H28N4O2. The number of aromatic nitrogens is 3. The van der Waals surface area contributed by atoms with Crippen molar-refractivity contribution in [2.75, 3.05) is 5.32 Å². The summed E-state index contributed by atoms with van der Waals surface area (Å²) >= 11 is 0. The molecule has 2 aromatic heterocycles. The summed E-state index contributed by atoms with van der Waals surface area (Å²) in [5.74, 6) is 0.567. The molecule has 160 valence electrons. The maximum absolute atomic E-state index is 12.7. The van der Waals surface area contributed by atoms with Gasteiger partial charge in [-0.3, -0.25) is 9.89 Å². The molecule has 31 heavy (non-hydrogen) atoms. The number of anilines is 1. The monoisotopic (exact) mass is 416 g/mol. The van der Waals surface area contributed by atoms with Crippen LogP contribution in [0.5, 0.6) is 0 Å². The summed E-state index contributed by atoms with van der Waals surface area (Å²) in [5.41, 5.74) is 5.64. The third kappa shape index (κ3) is 4.38. The summed E-state index contributed by atoms with van der Waals surface area (Å²) in [5, 5.41) is 10.3. The molecular weight excluding hydrogens is 388 g/mol. The molecule has 0 bridgehead atoms. The Bertz CT molecular complexity index is 1200. The molecule has 2 heterocycles. The highest BCUT2D eigenvalue weighted by molar-refractivity contribution is 5.95. The standard InChI is InChI=1S/C25H28N4O2/c1-5-6-13-25(3,4)24(30)27-18-10-8-17(9-11-18)22-19(15-26-29-22)23-28-20-12-7-16(2)14-21(20)31-23/h7-12,14-15H,5-6,13H2,1-4H3,(H,26,29)(H,27,30). The quantitative estimate of drug-likeness (QED) is 0.368. The maximum Gasteiger partial charge on any atom is 0.231 e. The fourth-order valence-corrected chi connectivity index (χ4v) is 3.57. The number of H-pyrrole nitrogens is 1. The van der Waals surface area contributed by atoms with Gasteiger partial charge in [-0.05, 0) is 43.2 Å². The predicted octanol–water partition coefficient (Wildman–Crippen LogP) is 6.35. The van der Waals surface area contributed by atoms with Crippen LogP contribution >= 0.6 is 0 Å². The molecule has 0 aliphatic heterocycles. The van der Waals surface area contributed by atoms with Gasteiger partial charge in [-0.2, -0.15) is 5.10 Å². The van der Waals surface area contributed by atoms with Crippen molar-refractivity contribution in [3.05, 3.63) is 54.2 Å². The van der Waals surface area contributed by atoms with E-state index in [2.05, 4.69) is 27.4 Å². The molecule has 2 aromatic carbocycles. The second-order valence-electron chi connectivity index (χ2n) is 8.67. The number of aryl methyl sites for hydroxylation is 1. The van der Waals surface area contributed by atoms with Crippen LogP contribution in [0.2, 0.25) is 0 Å². The number of amides is 1. The van der Waals surface area contributed by atoms with Crippen LogP contribution in [-0.2, 0) is 4.79 Å². The molecule has 0 radical (unpaired) electrons. The van der Waals surface area contributed by atoms with E-state index in [1.807, 2.05) is 63.2 Å². The minimum absolute atomic E-state index is 0.0395. The number of hydrogen-bond donors (Lipinski definition) is 2. The SMILES string of the molecule is CCCCC(C)(C)C(=O)Nc1ccc(-c2[nH]ncc2-c2nc3ccc(C)cc3o2)cc1. The van der Waals surface area contributed by atoms with Gasteiger partial charge in [-0.15, -0.1) is 0 Å². The Morgan fingerprint density at radius 1 is 1.16 bits per heavy atom. The molecule has 0 saturated carbocycles. The Hall–Kier alpha value is -3.41. The number of rotatable bonds is 7. The van der Waals surface area contributed by atoms with Gasteiger partial charge >= 0.3 is 0 Å². The van der Waals surface area contributed by atoms with Gasteiger partial charge < -0.3 is 9.73 Å². The fraction of sp³-hybridized carbons (Fsp3) is 0.320. The number of nitrogens with zero attached hydrogens (tertiary/aromatic N) is 2. The zero-order valence-corrected chi connectivity index (χ0v) is 18.5. The van der Waals surface area contributed by atoms with Crippen molar-refractivity contribution in [2.24, 2.45) is 5.41 Å². The Kier molecular flexibility index (Phi) is 5.63. The van der Waals surface area contributed by atoms with E-state index in [0.717, 1.165) is 58.4 Å². The maximum atomic E-state index is 12.7. The van der Waals surface area contributed by atoms with E-state index < -0.39 is 5.41 Å². The number of fused-ring (bicyclic) bond motifs is 1. The summed E-state index contributed by atoms with van der Waals surface area (Å²) in [6, 6.07) is 13.7. The van der Waals surface area contributed by atoms with Crippen LogP contribution in [-0.4, -0.2) is 21.1 Å². The molecule has 0 unspecified atom stereocenters. The van der Waals surface area contributed by atoms with Crippen molar-refractivity contribution in [3.63, 3.8) is 0 Å². The molecule has 0 aliphatic carbocycles. The van der Waals surface area contributed by atoms with E-state index >= 15 is 0 Å². The second-order valence-corrected chi connectivity index (χ2v) is 8.67. The first-order valence-electron chi connectivity index (χ1n) is 10.7. The van der Waals surface area contributed by atoms with Gasteiger partial charge in [-0.25, -0.2) is 4.98 Å². The van der Waals surface area contributed by atoms with Gasteiger partial charge in [0.05, 0.1) is 17.5 Å². The Morgan fingerprint density at radius 2 is 1.94 bits per heavy atom. The molecule has 0 aliphatic rings. The summed E-state index contributed by atoms with van der Waals surface area (Å²) < 4.78 is 5.97. The van der Waals surface area contributed by atoms with E-state index in [-0.39, 0.29) is 5.91 Å². The van der Waals surface area contributed by atoms with Crippen LogP contribution in [0.3, 0.4) is 0 Å². The summed E-state index contributed by atoms with van der Waals surface area (Å²) in [4.78, 5) is 17.3. The van der Waals surface area contributed by atoms with Crippen molar-refractivity contribution in [2.45, 2.75) is 47.0 Å². The number of hydrogen-bond acceptors (Lipinski definition) is 4. The van der Waals surface area contributed by atoms with E-state index in [0.29, 0.717) is 5.89 Å². The number of oxazole rings is 1. The van der Waals surface area contributed by atoms with Crippen LogP contribution in [0.15, 0.2) is 53.1 Å². The number of nitrogens with one attached hydrogen (secondary N) is 2. The number of carbonyl (C=O) groups excluding carboxylic acids is 1. The highest BCUT2D eigenvalue weighted by Gasteiger charge is 2.26. The lowest BCUT2D eigenvalue weighted by Crippen LogP contribution is -2.30. The molecule has 0 spiro atoms. The molecule has 2 N–H and O–H groups in total. The van der Waals surface area contributed by atoms with Crippen LogP contribution in [0, 0.1) is 12.3 Å². The van der Waals surface area contributed by atoms with Gasteiger partial charge in [0.1, 0.15) is 5.52 Å². The predicted molar refractivity (Wildman–Crippen MR) is 124 cm³/mol. The number of unbranched alkanes of at least 4 members (excludes halogenated alkanes) is 1. The highest BCUT2D eigenvalue weighted by Crippen LogP contribution is 2.33. The Morgan fingerprint density at radius 3 is 2.68 bits per heavy atom. The fourth-order valence-electron chi connectivity index (χ4n) is 3.57. The normalized spacial score (nSPS) is 11.7. The second kappa shape index (κ2) is 8.38. The molecule has 1 amide bonds. The first kappa shape index (κ1) is 20.8. The molecule has 4 aromatic rings.